The fraction of sp³-hybridized carbons (Fsp3) is 0.150. The molecule has 0 N–H and O–H groups in total. The van der Waals surface area contributed by atoms with Crippen LogP contribution in [0.1, 0.15) is 24.9 Å². The van der Waals surface area contributed by atoms with Gasteiger partial charge in [-0.1, -0.05) is 19.1 Å². The van der Waals surface area contributed by atoms with Crippen molar-refractivity contribution in [1.82, 2.24) is 4.57 Å². The van der Waals surface area contributed by atoms with Crippen LogP contribution >= 0.6 is 15.9 Å². The first-order valence-corrected chi connectivity index (χ1v) is 8.93. The predicted molar refractivity (Wildman–Crippen MR) is 98.5 cm³/mol. The number of hydrogen-bond acceptors (Lipinski definition) is 1. The Morgan fingerprint density at radius 2 is 1.56 bits per heavy atom. The van der Waals surface area contributed by atoms with E-state index in [1.165, 1.54) is 22.9 Å². The van der Waals surface area contributed by atoms with Gasteiger partial charge in [0.15, 0.2) is 17.5 Å². The molecule has 27 heavy (non-hydrogen) atoms. The van der Waals surface area contributed by atoms with Crippen LogP contribution in [-0.2, 0) is 0 Å². The van der Waals surface area contributed by atoms with Crippen molar-refractivity contribution in [2.24, 2.45) is 0 Å². The van der Waals surface area contributed by atoms with Crippen LogP contribution in [0.15, 0.2) is 57.9 Å². The van der Waals surface area contributed by atoms with Gasteiger partial charge in [-0.3, -0.25) is 4.79 Å². The van der Waals surface area contributed by atoms with Crippen LogP contribution in [0.25, 0.3) is 11.1 Å². The van der Waals surface area contributed by atoms with E-state index < -0.39 is 34.9 Å². The maximum atomic E-state index is 13.7. The first-order chi connectivity index (χ1) is 12.8. The standard InChI is InChI=1S/C20H14BrF4NO/c1-2-18(12-8-16(23)19(25)17(24)9-12)26-10-13(7-15(21)20(26)27)11-3-5-14(22)6-4-11/h3-10,18H,2H2,1H3. The van der Waals surface area contributed by atoms with E-state index in [2.05, 4.69) is 15.9 Å². The Labute approximate surface area is 161 Å². The molecule has 2 aromatic carbocycles. The normalized spacial score (nSPS) is 12.2. The lowest BCUT2D eigenvalue weighted by Gasteiger charge is -2.21. The average molecular weight is 440 g/mol. The molecule has 0 spiro atoms. The van der Waals surface area contributed by atoms with Crippen molar-refractivity contribution in [3.8, 4) is 11.1 Å². The molecular formula is C20H14BrF4NO. The third-order valence-corrected chi connectivity index (χ3v) is 4.86. The second-order valence-corrected chi connectivity index (χ2v) is 6.87. The minimum absolute atomic E-state index is 0.138. The summed E-state index contributed by atoms with van der Waals surface area (Å²) in [6.45, 7) is 1.74. The van der Waals surface area contributed by atoms with Crippen LogP contribution in [0.5, 0.6) is 0 Å². The van der Waals surface area contributed by atoms with Gasteiger partial charge < -0.3 is 4.57 Å². The topological polar surface area (TPSA) is 22.0 Å². The van der Waals surface area contributed by atoms with E-state index in [0.29, 0.717) is 17.5 Å². The average Bonchev–Trinajstić information content (AvgIpc) is 2.64. The zero-order valence-corrected chi connectivity index (χ0v) is 15.7. The molecule has 0 saturated carbocycles. The summed E-state index contributed by atoms with van der Waals surface area (Å²) in [5, 5.41) is 0. The van der Waals surface area contributed by atoms with Crippen molar-refractivity contribution in [2.45, 2.75) is 19.4 Å². The van der Waals surface area contributed by atoms with Crippen molar-refractivity contribution in [1.29, 1.82) is 0 Å². The second-order valence-electron chi connectivity index (χ2n) is 6.02. The van der Waals surface area contributed by atoms with Crippen LogP contribution in [0.3, 0.4) is 0 Å². The van der Waals surface area contributed by atoms with Crippen LogP contribution in [0.4, 0.5) is 17.6 Å². The fourth-order valence-electron chi connectivity index (χ4n) is 2.96. The minimum atomic E-state index is -1.55. The first kappa shape index (κ1) is 19.4. The molecule has 0 fully saturated rings. The predicted octanol–water partition coefficient (Wildman–Crippen LogP) is 5.83. The van der Waals surface area contributed by atoms with E-state index in [1.54, 1.807) is 25.1 Å². The molecule has 140 valence electrons. The van der Waals surface area contributed by atoms with Crippen molar-refractivity contribution in [3.63, 3.8) is 0 Å². The summed E-state index contributed by atoms with van der Waals surface area (Å²) in [5.74, 6) is -4.58. The highest BCUT2D eigenvalue weighted by molar-refractivity contribution is 9.10. The van der Waals surface area contributed by atoms with Gasteiger partial charge in [0, 0.05) is 6.20 Å². The molecule has 1 atom stereocenters. The lowest BCUT2D eigenvalue weighted by atomic mass is 10.0. The van der Waals surface area contributed by atoms with E-state index in [-0.39, 0.29) is 10.0 Å². The number of rotatable bonds is 4. The lowest BCUT2D eigenvalue weighted by Crippen LogP contribution is -2.26. The van der Waals surface area contributed by atoms with Gasteiger partial charge >= 0.3 is 0 Å². The first-order valence-electron chi connectivity index (χ1n) is 8.14. The van der Waals surface area contributed by atoms with E-state index in [4.69, 9.17) is 0 Å². The molecule has 1 heterocycles. The van der Waals surface area contributed by atoms with E-state index in [0.717, 1.165) is 12.1 Å². The highest BCUT2D eigenvalue weighted by Gasteiger charge is 2.20. The summed E-state index contributed by atoms with van der Waals surface area (Å²) in [5.41, 5.74) is 1.01. The molecule has 1 aromatic heterocycles. The molecule has 0 aliphatic carbocycles. The molecule has 0 bridgehead atoms. The number of aromatic nitrogens is 1. The third-order valence-electron chi connectivity index (χ3n) is 4.29. The molecule has 7 heteroatoms. The molecule has 0 amide bonds. The van der Waals surface area contributed by atoms with Crippen molar-refractivity contribution in [3.05, 3.63) is 92.3 Å². The molecule has 0 aliphatic rings. The van der Waals surface area contributed by atoms with Gasteiger partial charge in [-0.25, -0.2) is 17.6 Å². The van der Waals surface area contributed by atoms with Gasteiger partial charge in [0.05, 0.1) is 10.5 Å². The monoisotopic (exact) mass is 439 g/mol. The van der Waals surface area contributed by atoms with Gasteiger partial charge in [-0.05, 0) is 69.4 Å². The lowest BCUT2D eigenvalue weighted by molar-refractivity contribution is 0.439. The number of benzene rings is 2. The largest absolute Gasteiger partial charge is 0.306 e. The van der Waals surface area contributed by atoms with Crippen molar-refractivity contribution >= 4 is 15.9 Å². The van der Waals surface area contributed by atoms with Crippen LogP contribution < -0.4 is 5.56 Å². The quantitative estimate of drug-likeness (QED) is 0.370. The van der Waals surface area contributed by atoms with Crippen LogP contribution in [-0.4, -0.2) is 4.57 Å². The number of halogens is 5. The number of hydrogen-bond donors (Lipinski definition) is 0. The fourth-order valence-corrected chi connectivity index (χ4v) is 3.41. The van der Waals surface area contributed by atoms with Crippen molar-refractivity contribution in [2.75, 3.05) is 0 Å². The Bertz CT molecular complexity index is 1020. The summed E-state index contributed by atoms with van der Waals surface area (Å²) < 4.78 is 55.4. The molecule has 1 unspecified atom stereocenters. The van der Waals surface area contributed by atoms with Crippen LogP contribution in [0, 0.1) is 23.3 Å². The summed E-state index contributed by atoms with van der Waals surface area (Å²) in [7, 11) is 0. The van der Waals surface area contributed by atoms with E-state index in [1.807, 2.05) is 0 Å². The van der Waals surface area contributed by atoms with E-state index >= 15 is 0 Å². The Balaban J connectivity index is 2.16. The molecule has 0 saturated heterocycles. The second kappa shape index (κ2) is 7.68. The summed E-state index contributed by atoms with van der Waals surface area (Å²) in [4.78, 5) is 12.6. The Hall–Kier alpha value is -2.41. The SMILES string of the molecule is CCC(c1cc(F)c(F)c(F)c1)n1cc(-c2ccc(F)cc2)cc(Br)c1=O. The summed E-state index contributed by atoms with van der Waals surface area (Å²) >= 11 is 3.20. The molecule has 0 aliphatic heterocycles. The molecule has 3 aromatic rings. The van der Waals surface area contributed by atoms with Gasteiger partial charge in [-0.2, -0.15) is 0 Å². The minimum Gasteiger partial charge on any atom is -0.306 e. The van der Waals surface area contributed by atoms with Gasteiger partial charge in [0.1, 0.15) is 5.82 Å². The van der Waals surface area contributed by atoms with Gasteiger partial charge in [0.25, 0.3) is 5.56 Å². The smallest absolute Gasteiger partial charge is 0.265 e. The highest BCUT2D eigenvalue weighted by Crippen LogP contribution is 2.28. The maximum Gasteiger partial charge on any atom is 0.265 e. The zero-order valence-electron chi connectivity index (χ0n) is 14.1. The Morgan fingerprint density at radius 3 is 2.11 bits per heavy atom. The van der Waals surface area contributed by atoms with Crippen molar-refractivity contribution < 1.29 is 17.6 Å². The van der Waals surface area contributed by atoms with Crippen LogP contribution in [0.2, 0.25) is 0 Å². The number of nitrogens with zero attached hydrogens (tertiary/aromatic N) is 1. The maximum absolute atomic E-state index is 13.7. The molecule has 2 nitrogen and oxygen atoms in total. The summed E-state index contributed by atoms with van der Waals surface area (Å²) in [6.07, 6.45) is 1.87. The Kier molecular flexibility index (Phi) is 5.51. The molecule has 0 radical (unpaired) electrons. The van der Waals surface area contributed by atoms with E-state index in [9.17, 15) is 22.4 Å². The Morgan fingerprint density at radius 1 is 0.963 bits per heavy atom. The van der Waals surface area contributed by atoms with Gasteiger partial charge in [-0.15, -0.1) is 0 Å². The zero-order chi connectivity index (χ0) is 19.7. The van der Waals surface area contributed by atoms with Gasteiger partial charge in [0.2, 0.25) is 0 Å². The highest BCUT2D eigenvalue weighted by atomic mass is 79.9. The number of pyridine rings is 1. The molecule has 3 rings (SSSR count). The summed E-state index contributed by atoms with van der Waals surface area (Å²) in [6, 6.07) is 8.36. The molecular weight excluding hydrogens is 426 g/mol. The third kappa shape index (κ3) is 3.83.